The topological polar surface area (TPSA) is 311 Å². The van der Waals surface area contributed by atoms with Crippen molar-refractivity contribution in [3.63, 3.8) is 0 Å². The maximum atomic E-state index is 15.3. The molecular weight excluding hydrogens is 1120 g/mol. The Balaban J connectivity index is 0.000000225. The number of esters is 2. The number of aromatic nitrogens is 8. The number of hydrogen-bond acceptors (Lipinski definition) is 23. The lowest BCUT2D eigenvalue weighted by molar-refractivity contribution is -0.153. The molecule has 6 N–H and O–H groups in total. The molecule has 3 aliphatic rings. The minimum absolute atomic E-state index is 0.0403. The largest absolute Gasteiger partial charge is 0.475 e. The molecule has 3 aliphatic heterocycles. The molecule has 0 aromatic carbocycles. The molecule has 0 spiro atoms. The molecule has 11 atom stereocenters. The molecular formula is C48H78Cl2F2N12O13P2. The second kappa shape index (κ2) is 29.0. The van der Waals surface area contributed by atoms with Crippen LogP contribution < -0.4 is 11.5 Å². The third-order valence-electron chi connectivity index (χ3n) is 12.4. The van der Waals surface area contributed by atoms with Gasteiger partial charge in [-0.05, 0) is 119 Å². The molecule has 31 heteroatoms. The number of nitrogens with two attached hydrogens (primary N) is 2. The predicted octanol–water partition coefficient (Wildman–Crippen LogP) is 7.91. The van der Waals surface area contributed by atoms with E-state index in [0.717, 1.165) is 0 Å². The minimum Gasteiger partial charge on any atom is -0.463 e. The second-order valence-corrected chi connectivity index (χ2v) is 24.8. The SMILES string of the molecule is CC(C)OC(=O)[C@@H](C)CCOP(N(C(C)C)C(C)C)N(C(C)C)C(C)C.CC(C)OC(=O)[C@@H](C)CCOP1(=O)OC[C@H]2O[C@@H](n3cnc4c(N)nc(Cl)nc43)[C@@H](F)C2O1.Nc1nc(Cl)nc2c1ncn2[C@@H]1O[C@H](CO)[C@@H](O)[C@@H]1F. The summed E-state index contributed by atoms with van der Waals surface area (Å²) in [5.74, 6) is -1.06. The van der Waals surface area contributed by atoms with Gasteiger partial charge in [-0.15, -0.1) is 0 Å². The van der Waals surface area contributed by atoms with Crippen LogP contribution in [0.1, 0.15) is 122 Å². The van der Waals surface area contributed by atoms with Gasteiger partial charge >= 0.3 is 19.8 Å². The molecule has 79 heavy (non-hydrogen) atoms. The minimum atomic E-state index is -4.07. The number of phosphoric ester groups is 1. The average molecular weight is 1200 g/mol. The highest BCUT2D eigenvalue weighted by Crippen LogP contribution is 2.57. The second-order valence-electron chi connectivity index (χ2n) is 20.8. The lowest BCUT2D eigenvalue weighted by atomic mass is 10.1. The first-order valence-electron chi connectivity index (χ1n) is 26.2. The number of nitrogen functional groups attached to an aromatic ring is 2. The van der Waals surface area contributed by atoms with Gasteiger partial charge in [0.05, 0.1) is 63.1 Å². The average Bonchev–Trinajstić information content (AvgIpc) is 4.28. The van der Waals surface area contributed by atoms with Gasteiger partial charge in [0.15, 0.2) is 56.2 Å². The Labute approximate surface area is 470 Å². The summed E-state index contributed by atoms with van der Waals surface area (Å²) in [6.07, 6.45) is -7.20. The van der Waals surface area contributed by atoms with E-state index >= 15 is 4.39 Å². The standard InChI is InChI=1S/C20H43N2O3P.C18H24ClFN5O7P.C10H11ClFN5O3/c1-14(2)21(15(3)4)26(22(16(5)6)17(7)8)24-13-12-19(11)20(23)25-18(9)10;1-8(2)30-17(26)9(3)4-5-28-33(27)29-6-10-13(32-33)11(20)16(31-10)25-7-22-12-14(21)23-18(19)24-15(12)25;11-10-15-7(13)5-8(16-10)17(2-14-5)9-4(12)6(19)3(1-18)20-9/h14-19H,12-13H2,1-11H3;7-11,13,16H,4-6H2,1-3H3,(H2,21,23,24);2-4,6,9,18-19H,1H2,(H2,13,15,16)/t19-;9-,10+,11-,13?,16+,33?;3-,4+,6-,9-/m001/s1. The normalized spacial score (nSPS) is 25.0. The van der Waals surface area contributed by atoms with Gasteiger partial charge in [0.25, 0.3) is 0 Å². The maximum absolute atomic E-state index is 15.3. The van der Waals surface area contributed by atoms with Gasteiger partial charge in [-0.25, -0.2) is 32.7 Å². The zero-order chi connectivity index (χ0) is 59.0. The number of carbonyl (C=O) groups is 2. The Hall–Kier alpha value is -3.66. The lowest BCUT2D eigenvalue weighted by Crippen LogP contribution is -2.43. The zero-order valence-electron chi connectivity index (χ0n) is 47.1. The molecule has 7 rings (SSSR count). The van der Waals surface area contributed by atoms with E-state index in [2.05, 4.69) is 94.6 Å². The Morgan fingerprint density at radius 3 is 1.61 bits per heavy atom. The molecule has 0 radical (unpaired) electrons. The summed E-state index contributed by atoms with van der Waals surface area (Å²) in [5.41, 5.74) is 12.3. The van der Waals surface area contributed by atoms with E-state index in [1.165, 1.54) is 21.8 Å². The van der Waals surface area contributed by atoms with Crippen molar-refractivity contribution in [2.24, 2.45) is 11.8 Å². The molecule has 0 aliphatic carbocycles. The highest BCUT2D eigenvalue weighted by Gasteiger charge is 2.55. The number of nitrogens with zero attached hydrogens (tertiary/aromatic N) is 10. The van der Waals surface area contributed by atoms with E-state index in [9.17, 15) is 23.7 Å². The van der Waals surface area contributed by atoms with Crippen LogP contribution >= 0.6 is 39.5 Å². The van der Waals surface area contributed by atoms with E-state index in [-0.39, 0.29) is 88.3 Å². The molecule has 0 bridgehead atoms. The lowest BCUT2D eigenvalue weighted by Gasteiger charge is -2.45. The number of imidazole rings is 2. The molecule has 2 unspecified atom stereocenters. The number of halogens is 4. The van der Waals surface area contributed by atoms with Gasteiger partial charge < -0.3 is 45.2 Å². The van der Waals surface area contributed by atoms with Crippen molar-refractivity contribution >= 4 is 85.4 Å². The van der Waals surface area contributed by atoms with Crippen molar-refractivity contribution < 1.29 is 70.2 Å². The third-order valence-corrected chi connectivity index (χ3v) is 17.2. The number of alkyl halides is 2. The van der Waals surface area contributed by atoms with Crippen LogP contribution in [0.4, 0.5) is 20.4 Å². The molecule has 25 nitrogen and oxygen atoms in total. The molecule has 446 valence electrons. The summed E-state index contributed by atoms with van der Waals surface area (Å²) >= 11 is 11.6. The number of aliphatic hydroxyl groups is 2. The number of rotatable bonds is 21. The smallest absolute Gasteiger partial charge is 0.463 e. The number of carbonyl (C=O) groups excluding carboxylic acids is 2. The Morgan fingerprint density at radius 1 is 0.747 bits per heavy atom. The van der Waals surface area contributed by atoms with E-state index in [0.29, 0.717) is 37.2 Å². The van der Waals surface area contributed by atoms with E-state index in [4.69, 9.17) is 76.8 Å². The van der Waals surface area contributed by atoms with Gasteiger partial charge in [-0.1, -0.05) is 13.8 Å². The summed E-state index contributed by atoms with van der Waals surface area (Å²) in [6, 6.07) is 1.57. The maximum Gasteiger partial charge on any atom is 0.475 e. The molecule has 3 saturated heterocycles. The van der Waals surface area contributed by atoms with E-state index < -0.39 is 84.0 Å². The van der Waals surface area contributed by atoms with Crippen molar-refractivity contribution in [1.29, 1.82) is 0 Å². The van der Waals surface area contributed by atoms with Gasteiger partial charge in [-0.2, -0.15) is 19.9 Å². The highest BCUT2D eigenvalue weighted by atomic mass is 35.5. The summed E-state index contributed by atoms with van der Waals surface area (Å²) in [5, 5.41) is 18.4. The summed E-state index contributed by atoms with van der Waals surface area (Å²) < 4.78 is 93.6. The van der Waals surface area contributed by atoms with Crippen LogP contribution in [0.25, 0.3) is 22.3 Å². The van der Waals surface area contributed by atoms with Crippen molar-refractivity contribution in [3.8, 4) is 0 Å². The molecule has 0 saturated carbocycles. The monoisotopic (exact) mass is 1200 g/mol. The van der Waals surface area contributed by atoms with Crippen molar-refractivity contribution in [1.82, 2.24) is 48.4 Å². The molecule has 7 heterocycles. The van der Waals surface area contributed by atoms with Crippen molar-refractivity contribution in [3.05, 3.63) is 23.2 Å². The quantitative estimate of drug-likeness (QED) is 0.0350. The predicted molar refractivity (Wildman–Crippen MR) is 292 cm³/mol. The fourth-order valence-corrected chi connectivity index (χ4v) is 12.8. The number of phosphoric acid groups is 1. The Morgan fingerprint density at radius 2 is 1.19 bits per heavy atom. The number of fused-ring (bicyclic) bond motifs is 3. The first-order chi connectivity index (χ1) is 37.0. The number of anilines is 2. The van der Waals surface area contributed by atoms with Crippen LogP contribution in [0.5, 0.6) is 0 Å². The molecule has 0 amide bonds. The van der Waals surface area contributed by atoms with E-state index in [1.54, 1.807) is 20.8 Å². The molecule has 3 fully saturated rings. The Kier molecular flexibility index (Phi) is 24.3. The summed E-state index contributed by atoms with van der Waals surface area (Å²) in [6.45, 7) is 28.4. The van der Waals surface area contributed by atoms with Gasteiger partial charge in [0.1, 0.15) is 35.4 Å². The third kappa shape index (κ3) is 16.8. The van der Waals surface area contributed by atoms with Crippen LogP contribution in [-0.2, 0) is 51.2 Å². The van der Waals surface area contributed by atoms with Gasteiger partial charge in [0, 0.05) is 24.2 Å². The van der Waals surface area contributed by atoms with Crippen molar-refractivity contribution in [2.75, 3.05) is 37.9 Å². The fraction of sp³-hybridized carbons (Fsp3) is 0.750. The first kappa shape index (κ1) is 66.1. The molecule has 4 aromatic rings. The zero-order valence-corrected chi connectivity index (χ0v) is 50.4. The summed E-state index contributed by atoms with van der Waals surface area (Å²) in [4.78, 5) is 47.5. The van der Waals surface area contributed by atoms with Crippen LogP contribution in [0.15, 0.2) is 12.7 Å². The summed E-state index contributed by atoms with van der Waals surface area (Å²) in [7, 11) is -4.96. The van der Waals surface area contributed by atoms with E-state index in [1.807, 2.05) is 20.8 Å². The Bertz CT molecular complexity index is 2650. The molecule has 4 aromatic heterocycles. The van der Waals surface area contributed by atoms with Crippen LogP contribution in [-0.4, -0.2) is 170 Å². The van der Waals surface area contributed by atoms with Crippen LogP contribution in [0, 0.1) is 11.8 Å². The fourth-order valence-electron chi connectivity index (χ4n) is 8.68. The number of hydrogen-bond donors (Lipinski definition) is 4. The van der Waals surface area contributed by atoms with Crippen LogP contribution in [0.2, 0.25) is 10.6 Å². The van der Waals surface area contributed by atoms with Gasteiger partial charge in [0.2, 0.25) is 10.6 Å². The number of aliphatic hydroxyl groups excluding tert-OH is 2. The number of ether oxygens (including phenoxy) is 4. The highest BCUT2D eigenvalue weighted by molar-refractivity contribution is 7.48. The van der Waals surface area contributed by atoms with Gasteiger partial charge in [-0.3, -0.25) is 32.3 Å². The van der Waals surface area contributed by atoms with Crippen molar-refractivity contribution in [2.45, 2.75) is 195 Å². The van der Waals surface area contributed by atoms with Crippen LogP contribution in [0.3, 0.4) is 0 Å². The first-order valence-corrected chi connectivity index (χ1v) is 29.6.